The molecule has 1 amide bonds. The van der Waals surface area contributed by atoms with Crippen molar-refractivity contribution in [2.45, 2.75) is 6.92 Å². The largest absolute Gasteiger partial charge is 0.377 e. The average Bonchev–Trinajstić information content (AvgIpc) is 2.98. The van der Waals surface area contributed by atoms with E-state index in [1.165, 1.54) is 18.3 Å². The SMILES string of the molecule is CC(=O)Nc1nc(-c2ccc(N(C)C)c(Br)c2)c(-c2ccncc2)s1. The Labute approximate surface area is 158 Å². The summed E-state index contributed by atoms with van der Waals surface area (Å²) in [6.45, 7) is 1.48. The number of nitrogens with one attached hydrogen (secondary N) is 1. The number of halogens is 1. The van der Waals surface area contributed by atoms with Crippen LogP contribution in [0.5, 0.6) is 0 Å². The molecule has 25 heavy (non-hydrogen) atoms. The van der Waals surface area contributed by atoms with E-state index in [1.54, 1.807) is 12.4 Å². The molecule has 0 unspecified atom stereocenters. The van der Waals surface area contributed by atoms with Crippen molar-refractivity contribution >= 4 is 44.0 Å². The Kier molecular flexibility index (Phi) is 5.15. The fourth-order valence-electron chi connectivity index (χ4n) is 2.44. The minimum atomic E-state index is -0.134. The van der Waals surface area contributed by atoms with Crippen molar-refractivity contribution in [2.75, 3.05) is 24.3 Å². The van der Waals surface area contributed by atoms with E-state index < -0.39 is 0 Å². The number of carbonyl (C=O) groups is 1. The second-order valence-corrected chi connectivity index (χ2v) is 7.53. The van der Waals surface area contributed by atoms with E-state index in [9.17, 15) is 4.79 Å². The predicted molar refractivity (Wildman–Crippen MR) is 107 cm³/mol. The van der Waals surface area contributed by atoms with Crippen LogP contribution >= 0.6 is 27.3 Å². The van der Waals surface area contributed by atoms with Crippen LogP contribution in [0.2, 0.25) is 0 Å². The monoisotopic (exact) mass is 416 g/mol. The number of pyridine rings is 1. The third kappa shape index (κ3) is 3.88. The fraction of sp³-hybridized carbons (Fsp3) is 0.167. The molecule has 128 valence electrons. The van der Waals surface area contributed by atoms with Crippen LogP contribution in [0.25, 0.3) is 21.7 Å². The van der Waals surface area contributed by atoms with Gasteiger partial charge in [0, 0.05) is 43.4 Å². The van der Waals surface area contributed by atoms with Gasteiger partial charge in [-0.3, -0.25) is 9.78 Å². The highest BCUT2D eigenvalue weighted by Gasteiger charge is 2.17. The van der Waals surface area contributed by atoms with Crippen LogP contribution in [0.4, 0.5) is 10.8 Å². The molecule has 2 heterocycles. The van der Waals surface area contributed by atoms with Crippen molar-refractivity contribution in [2.24, 2.45) is 0 Å². The van der Waals surface area contributed by atoms with Gasteiger partial charge >= 0.3 is 0 Å². The lowest BCUT2D eigenvalue weighted by molar-refractivity contribution is -0.114. The molecule has 0 aliphatic heterocycles. The average molecular weight is 417 g/mol. The zero-order chi connectivity index (χ0) is 18.0. The Morgan fingerprint density at radius 3 is 2.48 bits per heavy atom. The van der Waals surface area contributed by atoms with Gasteiger partial charge in [0.2, 0.25) is 5.91 Å². The van der Waals surface area contributed by atoms with E-state index in [0.29, 0.717) is 5.13 Å². The van der Waals surface area contributed by atoms with E-state index in [2.05, 4.69) is 31.2 Å². The van der Waals surface area contributed by atoms with Gasteiger partial charge in [0.05, 0.1) is 16.3 Å². The highest BCUT2D eigenvalue weighted by Crippen LogP contribution is 2.40. The van der Waals surface area contributed by atoms with Crippen LogP contribution in [0.1, 0.15) is 6.92 Å². The van der Waals surface area contributed by atoms with Gasteiger partial charge in [-0.25, -0.2) is 4.98 Å². The highest BCUT2D eigenvalue weighted by molar-refractivity contribution is 9.10. The molecule has 1 aromatic carbocycles. The molecule has 0 radical (unpaired) electrons. The van der Waals surface area contributed by atoms with Crippen molar-refractivity contribution in [3.8, 4) is 21.7 Å². The Morgan fingerprint density at radius 2 is 1.88 bits per heavy atom. The maximum absolute atomic E-state index is 11.4. The number of hydrogen-bond acceptors (Lipinski definition) is 5. The van der Waals surface area contributed by atoms with Crippen LogP contribution in [-0.4, -0.2) is 30.0 Å². The molecule has 3 rings (SSSR count). The quantitative estimate of drug-likeness (QED) is 0.671. The summed E-state index contributed by atoms with van der Waals surface area (Å²) < 4.78 is 0.991. The first-order chi connectivity index (χ1) is 12.0. The van der Waals surface area contributed by atoms with Crippen molar-refractivity contribution in [3.05, 3.63) is 47.2 Å². The van der Waals surface area contributed by atoms with Gasteiger partial charge < -0.3 is 10.2 Å². The molecule has 1 N–H and O–H groups in total. The normalized spacial score (nSPS) is 10.6. The lowest BCUT2D eigenvalue weighted by atomic mass is 10.1. The van der Waals surface area contributed by atoms with Crippen LogP contribution < -0.4 is 10.2 Å². The van der Waals surface area contributed by atoms with Crippen molar-refractivity contribution < 1.29 is 4.79 Å². The summed E-state index contributed by atoms with van der Waals surface area (Å²) in [5.41, 5.74) is 3.93. The van der Waals surface area contributed by atoms with E-state index in [-0.39, 0.29) is 5.91 Å². The van der Waals surface area contributed by atoms with Gasteiger partial charge in [0.1, 0.15) is 0 Å². The number of anilines is 2. The predicted octanol–water partition coefficient (Wildman–Crippen LogP) is 4.66. The number of benzene rings is 1. The first-order valence-electron chi connectivity index (χ1n) is 7.62. The molecule has 0 saturated carbocycles. The molecule has 5 nitrogen and oxygen atoms in total. The van der Waals surface area contributed by atoms with Crippen molar-refractivity contribution in [1.29, 1.82) is 0 Å². The van der Waals surface area contributed by atoms with E-state index in [1.807, 2.05) is 49.3 Å². The maximum Gasteiger partial charge on any atom is 0.223 e. The van der Waals surface area contributed by atoms with Gasteiger partial charge in [-0.05, 0) is 45.8 Å². The number of hydrogen-bond donors (Lipinski definition) is 1. The molecule has 0 saturated heterocycles. The highest BCUT2D eigenvalue weighted by atomic mass is 79.9. The van der Waals surface area contributed by atoms with Gasteiger partial charge in [-0.1, -0.05) is 17.4 Å². The zero-order valence-electron chi connectivity index (χ0n) is 14.1. The molecule has 7 heteroatoms. The number of nitrogens with zero attached hydrogens (tertiary/aromatic N) is 3. The molecule has 0 spiro atoms. The summed E-state index contributed by atoms with van der Waals surface area (Å²) in [4.78, 5) is 23.2. The fourth-order valence-corrected chi connectivity index (χ4v) is 4.21. The van der Waals surface area contributed by atoms with Crippen molar-refractivity contribution in [3.63, 3.8) is 0 Å². The minimum Gasteiger partial charge on any atom is -0.377 e. The van der Waals surface area contributed by atoms with Crippen LogP contribution in [0.15, 0.2) is 47.2 Å². The number of thiazole rings is 1. The summed E-state index contributed by atoms with van der Waals surface area (Å²) in [5, 5.41) is 3.37. The molecule has 0 aliphatic carbocycles. The van der Waals surface area contributed by atoms with Crippen LogP contribution in [0.3, 0.4) is 0 Å². The molecule has 0 bridgehead atoms. The second-order valence-electron chi connectivity index (χ2n) is 5.67. The Bertz CT molecular complexity index is 909. The number of rotatable bonds is 4. The van der Waals surface area contributed by atoms with Crippen molar-refractivity contribution in [1.82, 2.24) is 9.97 Å². The summed E-state index contributed by atoms with van der Waals surface area (Å²) in [7, 11) is 4.00. The third-order valence-corrected chi connectivity index (χ3v) is 5.21. The Hall–Kier alpha value is -2.25. The van der Waals surface area contributed by atoms with E-state index in [4.69, 9.17) is 0 Å². The number of amides is 1. The Morgan fingerprint density at radius 1 is 1.16 bits per heavy atom. The van der Waals surface area contributed by atoms with Gasteiger partial charge in [0.25, 0.3) is 0 Å². The molecular formula is C18H17BrN4OS. The Balaban J connectivity index is 2.12. The zero-order valence-corrected chi connectivity index (χ0v) is 16.5. The summed E-state index contributed by atoms with van der Waals surface area (Å²) in [5.74, 6) is -0.134. The lowest BCUT2D eigenvalue weighted by Gasteiger charge is -2.15. The summed E-state index contributed by atoms with van der Waals surface area (Å²) >= 11 is 5.08. The molecule has 0 aliphatic rings. The van der Waals surface area contributed by atoms with Gasteiger partial charge in [-0.15, -0.1) is 0 Å². The number of carbonyl (C=O) groups excluding carboxylic acids is 1. The van der Waals surface area contributed by atoms with E-state index >= 15 is 0 Å². The van der Waals surface area contributed by atoms with Gasteiger partial charge in [-0.2, -0.15) is 0 Å². The van der Waals surface area contributed by atoms with Gasteiger partial charge in [0.15, 0.2) is 5.13 Å². The number of aromatic nitrogens is 2. The summed E-state index contributed by atoms with van der Waals surface area (Å²) in [6.07, 6.45) is 3.50. The second kappa shape index (κ2) is 7.33. The smallest absolute Gasteiger partial charge is 0.223 e. The van der Waals surface area contributed by atoms with Crippen LogP contribution in [-0.2, 0) is 4.79 Å². The molecule has 3 aromatic rings. The summed E-state index contributed by atoms with van der Waals surface area (Å²) in [6, 6.07) is 10.0. The topological polar surface area (TPSA) is 58.1 Å². The molecular weight excluding hydrogens is 400 g/mol. The maximum atomic E-state index is 11.4. The lowest BCUT2D eigenvalue weighted by Crippen LogP contribution is -2.09. The van der Waals surface area contributed by atoms with E-state index in [0.717, 1.165) is 31.9 Å². The first kappa shape index (κ1) is 17.6. The first-order valence-corrected chi connectivity index (χ1v) is 9.22. The molecule has 0 fully saturated rings. The standard InChI is InChI=1S/C18H17BrN4OS/c1-11(24)21-18-22-16(17(25-18)12-6-8-20-9-7-12)13-4-5-15(23(2)3)14(19)10-13/h4-10H,1-3H3,(H,21,22,24). The van der Waals surface area contributed by atoms with Crippen LogP contribution in [0, 0.1) is 0 Å². The third-order valence-electron chi connectivity index (χ3n) is 3.56. The molecule has 2 aromatic heterocycles. The minimum absolute atomic E-state index is 0.134. The molecule has 0 atom stereocenters.